The topological polar surface area (TPSA) is 143 Å². The summed E-state index contributed by atoms with van der Waals surface area (Å²) in [5.41, 5.74) is 0. The van der Waals surface area contributed by atoms with Crippen molar-refractivity contribution in [2.45, 2.75) is 69.7 Å². The smallest absolute Gasteiger partial charge is 0.306 e. The Hall–Kier alpha value is -1.36. The predicted molar refractivity (Wildman–Crippen MR) is 101 cm³/mol. The average Bonchev–Trinajstić information content (AvgIpc) is 3.03. The van der Waals surface area contributed by atoms with Gasteiger partial charge in [-0.05, 0) is 32.1 Å². The maximum atomic E-state index is 12.1. The lowest BCUT2D eigenvalue weighted by Gasteiger charge is -2.39. The van der Waals surface area contributed by atoms with Crippen LogP contribution in [-0.2, 0) is 23.8 Å². The SMILES string of the molecule is CCOC(=O)CC1CCC(=O)C1CC=CCCOC1OC(CO)C(O)C(O)C1O. The maximum absolute atomic E-state index is 12.1. The molecule has 0 amide bonds. The van der Waals surface area contributed by atoms with Crippen LogP contribution in [0.25, 0.3) is 0 Å². The number of Topliss-reactive ketones (excluding diaryl/α,β-unsaturated/α-hetero) is 1. The number of allylic oxidation sites excluding steroid dienone is 1. The fraction of sp³-hybridized carbons (Fsp3) is 0.800. The number of carbonyl (C=O) groups is 2. The third-order valence-electron chi connectivity index (χ3n) is 5.45. The summed E-state index contributed by atoms with van der Waals surface area (Å²) in [5, 5.41) is 38.5. The van der Waals surface area contributed by atoms with Crippen molar-refractivity contribution in [2.75, 3.05) is 19.8 Å². The van der Waals surface area contributed by atoms with E-state index in [2.05, 4.69) is 0 Å². The van der Waals surface area contributed by atoms with Crippen LogP contribution in [0.5, 0.6) is 0 Å². The summed E-state index contributed by atoms with van der Waals surface area (Å²) in [6.45, 7) is 1.76. The number of hydrogen-bond acceptors (Lipinski definition) is 9. The Balaban J connectivity index is 1.73. The Bertz CT molecular complexity index is 562. The van der Waals surface area contributed by atoms with Crippen molar-refractivity contribution in [2.24, 2.45) is 11.8 Å². The number of aliphatic hydroxyl groups excluding tert-OH is 4. The Kier molecular flexibility index (Phi) is 9.67. The Morgan fingerprint density at radius 1 is 1.21 bits per heavy atom. The van der Waals surface area contributed by atoms with E-state index in [9.17, 15) is 24.9 Å². The van der Waals surface area contributed by atoms with Crippen molar-refractivity contribution in [3.05, 3.63) is 12.2 Å². The summed E-state index contributed by atoms with van der Waals surface area (Å²) in [6.07, 6.45) is -0.245. The molecule has 29 heavy (non-hydrogen) atoms. The molecule has 0 bridgehead atoms. The van der Waals surface area contributed by atoms with Gasteiger partial charge in [0.1, 0.15) is 30.2 Å². The predicted octanol–water partition coefficient (Wildman–Crippen LogP) is -0.312. The van der Waals surface area contributed by atoms with Gasteiger partial charge in [0.15, 0.2) is 6.29 Å². The van der Waals surface area contributed by atoms with Crippen molar-refractivity contribution in [1.29, 1.82) is 0 Å². The molecule has 0 aromatic heterocycles. The second-order valence-electron chi connectivity index (χ2n) is 7.44. The first-order valence-corrected chi connectivity index (χ1v) is 10.1. The lowest BCUT2D eigenvalue weighted by Crippen LogP contribution is -2.59. The van der Waals surface area contributed by atoms with Crippen LogP contribution in [0.4, 0.5) is 0 Å². The van der Waals surface area contributed by atoms with Gasteiger partial charge in [-0.25, -0.2) is 0 Å². The minimum atomic E-state index is -1.47. The number of aliphatic hydroxyl groups is 4. The summed E-state index contributed by atoms with van der Waals surface area (Å²) in [7, 11) is 0. The molecule has 1 heterocycles. The molecule has 0 aromatic rings. The van der Waals surface area contributed by atoms with Crippen LogP contribution in [0, 0.1) is 11.8 Å². The van der Waals surface area contributed by atoms with Gasteiger partial charge < -0.3 is 34.6 Å². The van der Waals surface area contributed by atoms with Gasteiger partial charge in [-0.1, -0.05) is 12.2 Å². The highest BCUT2D eigenvalue weighted by Crippen LogP contribution is 2.34. The molecular weight excluding hydrogens is 384 g/mol. The summed E-state index contributed by atoms with van der Waals surface area (Å²) < 4.78 is 15.6. The summed E-state index contributed by atoms with van der Waals surface area (Å²) >= 11 is 0. The number of carbonyl (C=O) groups excluding carboxylic acids is 2. The largest absolute Gasteiger partial charge is 0.466 e. The number of ketones is 1. The van der Waals surface area contributed by atoms with E-state index in [1.807, 2.05) is 12.2 Å². The standard InChI is InChI=1S/C20H32O9/c1-2-27-16(23)10-12-7-8-14(22)13(12)6-4-3-5-9-28-20-19(26)18(25)17(24)15(11-21)29-20/h3-4,12-13,15,17-21,24-26H,2,5-11H2,1H3. The molecule has 9 heteroatoms. The van der Waals surface area contributed by atoms with Gasteiger partial charge in [0.2, 0.25) is 0 Å². The third-order valence-corrected chi connectivity index (χ3v) is 5.45. The molecule has 7 unspecified atom stereocenters. The molecule has 2 fully saturated rings. The monoisotopic (exact) mass is 416 g/mol. The van der Waals surface area contributed by atoms with Gasteiger partial charge in [-0.3, -0.25) is 9.59 Å². The Morgan fingerprint density at radius 3 is 2.66 bits per heavy atom. The highest BCUT2D eigenvalue weighted by Gasteiger charge is 2.43. The van der Waals surface area contributed by atoms with E-state index in [0.717, 1.165) is 0 Å². The van der Waals surface area contributed by atoms with Crippen LogP contribution in [0.2, 0.25) is 0 Å². The van der Waals surface area contributed by atoms with Gasteiger partial charge in [0.05, 0.1) is 19.8 Å². The number of ether oxygens (including phenoxy) is 3. The Labute approximate surface area is 170 Å². The molecule has 166 valence electrons. The zero-order chi connectivity index (χ0) is 21.4. The van der Waals surface area contributed by atoms with E-state index < -0.39 is 37.3 Å². The van der Waals surface area contributed by atoms with Crippen LogP contribution in [0.3, 0.4) is 0 Å². The van der Waals surface area contributed by atoms with E-state index in [1.165, 1.54) is 0 Å². The zero-order valence-electron chi connectivity index (χ0n) is 16.7. The molecule has 1 aliphatic carbocycles. The molecule has 2 rings (SSSR count). The van der Waals surface area contributed by atoms with E-state index >= 15 is 0 Å². The molecule has 9 nitrogen and oxygen atoms in total. The number of esters is 1. The van der Waals surface area contributed by atoms with Crippen LogP contribution < -0.4 is 0 Å². The zero-order valence-corrected chi connectivity index (χ0v) is 16.7. The van der Waals surface area contributed by atoms with E-state index in [4.69, 9.17) is 19.3 Å². The van der Waals surface area contributed by atoms with Crippen molar-refractivity contribution in [3.8, 4) is 0 Å². The molecule has 2 aliphatic rings. The van der Waals surface area contributed by atoms with Gasteiger partial charge in [0.25, 0.3) is 0 Å². The fourth-order valence-electron chi connectivity index (χ4n) is 3.80. The van der Waals surface area contributed by atoms with Gasteiger partial charge in [-0.15, -0.1) is 0 Å². The molecule has 0 aromatic carbocycles. The third kappa shape index (κ3) is 6.56. The molecule has 1 aliphatic heterocycles. The maximum Gasteiger partial charge on any atom is 0.306 e. The van der Waals surface area contributed by atoms with Crippen LogP contribution in [0.1, 0.15) is 39.0 Å². The molecule has 1 saturated carbocycles. The Morgan fingerprint density at radius 2 is 1.97 bits per heavy atom. The fourth-order valence-corrected chi connectivity index (χ4v) is 3.80. The molecular formula is C20H32O9. The highest BCUT2D eigenvalue weighted by atomic mass is 16.7. The van der Waals surface area contributed by atoms with Crippen molar-refractivity contribution < 1.29 is 44.2 Å². The second kappa shape index (κ2) is 11.7. The van der Waals surface area contributed by atoms with Gasteiger partial charge >= 0.3 is 5.97 Å². The first kappa shape index (κ1) is 23.9. The first-order chi connectivity index (χ1) is 13.9. The molecule has 4 N–H and O–H groups in total. The van der Waals surface area contributed by atoms with Gasteiger partial charge in [-0.2, -0.15) is 0 Å². The molecule has 7 atom stereocenters. The van der Waals surface area contributed by atoms with E-state index in [0.29, 0.717) is 32.3 Å². The quantitative estimate of drug-likeness (QED) is 0.214. The average molecular weight is 416 g/mol. The lowest BCUT2D eigenvalue weighted by atomic mass is 9.89. The van der Waals surface area contributed by atoms with Gasteiger partial charge in [0, 0.05) is 18.8 Å². The summed E-state index contributed by atoms with van der Waals surface area (Å²) in [6, 6.07) is 0. The summed E-state index contributed by atoms with van der Waals surface area (Å²) in [4.78, 5) is 23.8. The van der Waals surface area contributed by atoms with Crippen molar-refractivity contribution in [1.82, 2.24) is 0 Å². The highest BCUT2D eigenvalue weighted by molar-refractivity contribution is 5.84. The number of hydrogen-bond donors (Lipinski definition) is 4. The van der Waals surface area contributed by atoms with Crippen LogP contribution in [-0.4, -0.2) is 82.7 Å². The minimum Gasteiger partial charge on any atom is -0.466 e. The normalized spacial score (nSPS) is 35.3. The number of rotatable bonds is 10. The van der Waals surface area contributed by atoms with Crippen LogP contribution in [0.15, 0.2) is 12.2 Å². The van der Waals surface area contributed by atoms with E-state index in [-0.39, 0.29) is 36.6 Å². The first-order valence-electron chi connectivity index (χ1n) is 10.1. The van der Waals surface area contributed by atoms with Crippen LogP contribution >= 0.6 is 0 Å². The summed E-state index contributed by atoms with van der Waals surface area (Å²) in [5.74, 6) is -0.269. The van der Waals surface area contributed by atoms with Crippen molar-refractivity contribution >= 4 is 11.8 Å². The van der Waals surface area contributed by atoms with Crippen molar-refractivity contribution in [3.63, 3.8) is 0 Å². The lowest BCUT2D eigenvalue weighted by molar-refractivity contribution is -0.300. The second-order valence-corrected chi connectivity index (χ2v) is 7.44. The molecule has 0 spiro atoms. The minimum absolute atomic E-state index is 0.0107. The molecule has 1 saturated heterocycles. The molecule has 0 radical (unpaired) electrons. The van der Waals surface area contributed by atoms with E-state index in [1.54, 1.807) is 6.92 Å².